The molecule has 0 amide bonds. The van der Waals surface area contributed by atoms with Crippen LogP contribution in [0, 0.1) is 0 Å². The van der Waals surface area contributed by atoms with Crippen molar-refractivity contribution in [2.75, 3.05) is 19.1 Å². The molecule has 0 aliphatic heterocycles. The second-order valence-electron chi connectivity index (χ2n) is 2.03. The van der Waals surface area contributed by atoms with Crippen LogP contribution in [0.15, 0.2) is 0 Å². The lowest BCUT2D eigenvalue weighted by Gasteiger charge is -1.97. The Morgan fingerprint density at radius 1 is 1.45 bits per heavy atom. The maximum absolute atomic E-state index is 10.9. The molecule has 3 nitrogen and oxygen atoms in total. The van der Waals surface area contributed by atoms with Crippen molar-refractivity contribution in [1.82, 2.24) is 0 Å². The predicted octanol–water partition coefficient (Wildman–Crippen LogP) is 0.872. The van der Waals surface area contributed by atoms with Gasteiger partial charge in [-0.1, -0.05) is 0 Å². The zero-order valence-corrected chi connectivity index (χ0v) is 7.57. The number of thioether (sulfide) groups is 1. The third-order valence-electron chi connectivity index (χ3n) is 1.15. The molecular weight excluding hydrogens is 164 g/mol. The molecule has 0 bridgehead atoms. The second kappa shape index (κ2) is 6.22. The fourth-order valence-electron chi connectivity index (χ4n) is 0.537. The van der Waals surface area contributed by atoms with Crippen molar-refractivity contribution in [1.29, 1.82) is 0 Å². The van der Waals surface area contributed by atoms with Crippen LogP contribution in [0.3, 0.4) is 0 Å². The minimum atomic E-state index is -0.448. The van der Waals surface area contributed by atoms with Gasteiger partial charge in [-0.3, -0.25) is 9.59 Å². The van der Waals surface area contributed by atoms with Crippen molar-refractivity contribution in [3.05, 3.63) is 0 Å². The number of carbonyl (C=O) groups is 2. The van der Waals surface area contributed by atoms with Gasteiger partial charge in [0.05, 0.1) is 7.11 Å². The van der Waals surface area contributed by atoms with E-state index in [0.717, 1.165) is 5.75 Å². The van der Waals surface area contributed by atoms with Crippen LogP contribution in [0.1, 0.15) is 12.8 Å². The number of methoxy groups -OCH3 is 1. The van der Waals surface area contributed by atoms with E-state index < -0.39 is 5.97 Å². The molecule has 0 aromatic rings. The van der Waals surface area contributed by atoms with Gasteiger partial charge in [0, 0.05) is 6.42 Å². The van der Waals surface area contributed by atoms with E-state index >= 15 is 0 Å². The first kappa shape index (κ1) is 10.5. The van der Waals surface area contributed by atoms with Crippen molar-refractivity contribution in [2.45, 2.75) is 12.8 Å². The smallest absolute Gasteiger partial charge is 0.313 e. The first-order valence-electron chi connectivity index (χ1n) is 3.28. The number of rotatable bonds is 5. The van der Waals surface area contributed by atoms with Crippen molar-refractivity contribution in [3.63, 3.8) is 0 Å². The van der Waals surface area contributed by atoms with Crippen molar-refractivity contribution in [2.24, 2.45) is 0 Å². The maximum Gasteiger partial charge on any atom is 0.313 e. The Kier molecular flexibility index (Phi) is 5.93. The average Bonchev–Trinajstić information content (AvgIpc) is 2.00. The van der Waals surface area contributed by atoms with E-state index in [9.17, 15) is 9.59 Å². The van der Waals surface area contributed by atoms with Crippen molar-refractivity contribution < 1.29 is 14.3 Å². The summed E-state index contributed by atoms with van der Waals surface area (Å²) in [5, 5.41) is 0. The van der Waals surface area contributed by atoms with Gasteiger partial charge in [-0.2, -0.15) is 11.8 Å². The Hall–Kier alpha value is -0.510. The minimum Gasteiger partial charge on any atom is -0.469 e. The highest BCUT2D eigenvalue weighted by molar-refractivity contribution is 7.98. The lowest BCUT2D eigenvalue weighted by molar-refractivity contribution is -0.143. The zero-order chi connectivity index (χ0) is 8.69. The number of ketones is 1. The monoisotopic (exact) mass is 176 g/mol. The van der Waals surface area contributed by atoms with Crippen LogP contribution in [-0.2, 0) is 14.3 Å². The molecule has 0 fully saturated rings. The van der Waals surface area contributed by atoms with Gasteiger partial charge < -0.3 is 4.74 Å². The SMILES string of the molecule is COC(=O)CC(=O)CCSC. The lowest BCUT2D eigenvalue weighted by atomic mass is 10.2. The van der Waals surface area contributed by atoms with Gasteiger partial charge in [-0.15, -0.1) is 0 Å². The van der Waals surface area contributed by atoms with E-state index in [1.165, 1.54) is 7.11 Å². The fraction of sp³-hybridized carbons (Fsp3) is 0.714. The number of esters is 1. The van der Waals surface area contributed by atoms with Gasteiger partial charge in [0.25, 0.3) is 0 Å². The van der Waals surface area contributed by atoms with E-state index in [-0.39, 0.29) is 12.2 Å². The Labute approximate surface area is 70.5 Å². The number of carbonyl (C=O) groups excluding carboxylic acids is 2. The molecule has 0 rings (SSSR count). The highest BCUT2D eigenvalue weighted by Crippen LogP contribution is 1.99. The summed E-state index contributed by atoms with van der Waals surface area (Å²) in [7, 11) is 1.28. The Morgan fingerprint density at radius 3 is 2.55 bits per heavy atom. The van der Waals surface area contributed by atoms with Crippen LogP contribution >= 0.6 is 11.8 Å². The summed E-state index contributed by atoms with van der Waals surface area (Å²) in [5.74, 6) is 0.276. The minimum absolute atomic E-state index is 0.0498. The number of hydrogen-bond acceptors (Lipinski definition) is 4. The summed E-state index contributed by atoms with van der Waals surface area (Å²) < 4.78 is 4.33. The molecule has 64 valence electrons. The van der Waals surface area contributed by atoms with Gasteiger partial charge in [-0.05, 0) is 12.0 Å². The molecule has 0 aliphatic carbocycles. The average molecular weight is 176 g/mol. The molecule has 0 aromatic heterocycles. The predicted molar refractivity (Wildman–Crippen MR) is 44.6 cm³/mol. The molecule has 0 unspecified atom stereocenters. The van der Waals surface area contributed by atoms with Gasteiger partial charge in [0.2, 0.25) is 0 Å². The summed E-state index contributed by atoms with van der Waals surface area (Å²) >= 11 is 1.59. The van der Waals surface area contributed by atoms with E-state index in [4.69, 9.17) is 0 Å². The molecule has 0 heterocycles. The van der Waals surface area contributed by atoms with E-state index in [0.29, 0.717) is 6.42 Å². The zero-order valence-electron chi connectivity index (χ0n) is 6.75. The molecule has 0 atom stereocenters. The highest BCUT2D eigenvalue weighted by atomic mass is 32.2. The third kappa shape index (κ3) is 5.91. The number of hydrogen-bond donors (Lipinski definition) is 0. The van der Waals surface area contributed by atoms with Crippen LogP contribution in [0.4, 0.5) is 0 Å². The third-order valence-corrected chi connectivity index (χ3v) is 1.77. The van der Waals surface area contributed by atoms with Crippen LogP contribution in [-0.4, -0.2) is 30.9 Å². The van der Waals surface area contributed by atoms with Crippen molar-refractivity contribution >= 4 is 23.5 Å². The Balaban J connectivity index is 3.44. The van der Waals surface area contributed by atoms with Gasteiger partial charge in [0.1, 0.15) is 12.2 Å². The quantitative estimate of drug-likeness (QED) is 0.460. The van der Waals surface area contributed by atoms with E-state index in [1.54, 1.807) is 11.8 Å². The Bertz CT molecular complexity index is 145. The molecule has 0 saturated carbocycles. The largest absolute Gasteiger partial charge is 0.469 e. The molecule has 0 aliphatic rings. The lowest BCUT2D eigenvalue weighted by Crippen LogP contribution is -2.09. The first-order chi connectivity index (χ1) is 5.20. The molecule has 11 heavy (non-hydrogen) atoms. The molecule has 4 heteroatoms. The molecule has 0 N–H and O–H groups in total. The summed E-state index contributed by atoms with van der Waals surface area (Å²) in [4.78, 5) is 21.4. The van der Waals surface area contributed by atoms with E-state index in [2.05, 4.69) is 4.74 Å². The summed E-state index contributed by atoms with van der Waals surface area (Å²) in [6.45, 7) is 0. The second-order valence-corrected chi connectivity index (χ2v) is 3.02. The standard InChI is InChI=1S/C7H12O3S/c1-10-7(9)5-6(8)3-4-11-2/h3-5H2,1-2H3. The van der Waals surface area contributed by atoms with Crippen LogP contribution < -0.4 is 0 Å². The van der Waals surface area contributed by atoms with Crippen LogP contribution in [0.2, 0.25) is 0 Å². The summed E-state index contributed by atoms with van der Waals surface area (Å²) in [6.07, 6.45) is 2.29. The topological polar surface area (TPSA) is 43.4 Å². The van der Waals surface area contributed by atoms with Gasteiger partial charge in [0.15, 0.2) is 0 Å². The number of Topliss-reactive ketones (excluding diaryl/α,β-unsaturated/α-hetero) is 1. The molecule has 0 radical (unpaired) electrons. The Morgan fingerprint density at radius 2 is 2.09 bits per heavy atom. The fourth-order valence-corrected chi connectivity index (χ4v) is 0.969. The maximum atomic E-state index is 10.9. The van der Waals surface area contributed by atoms with Crippen LogP contribution in [0.5, 0.6) is 0 Å². The summed E-state index contributed by atoms with van der Waals surface area (Å²) in [5.41, 5.74) is 0. The first-order valence-corrected chi connectivity index (χ1v) is 4.67. The highest BCUT2D eigenvalue weighted by Gasteiger charge is 2.07. The van der Waals surface area contributed by atoms with E-state index in [1.807, 2.05) is 6.26 Å². The molecule has 0 saturated heterocycles. The van der Waals surface area contributed by atoms with Gasteiger partial charge in [-0.25, -0.2) is 0 Å². The van der Waals surface area contributed by atoms with Crippen LogP contribution in [0.25, 0.3) is 0 Å². The molecule has 0 spiro atoms. The number of ether oxygens (including phenoxy) is 1. The molecular formula is C7H12O3S. The molecule has 0 aromatic carbocycles. The van der Waals surface area contributed by atoms with Crippen molar-refractivity contribution in [3.8, 4) is 0 Å². The van der Waals surface area contributed by atoms with Gasteiger partial charge >= 0.3 is 5.97 Å². The summed E-state index contributed by atoms with van der Waals surface area (Å²) in [6, 6.07) is 0. The normalized spacial score (nSPS) is 9.27.